The molecule has 1 N–H and O–H groups in total. The van der Waals surface area contributed by atoms with Crippen LogP contribution in [-0.4, -0.2) is 27.9 Å². The molecule has 1 heterocycles. The van der Waals surface area contributed by atoms with Gasteiger partial charge in [-0.1, -0.05) is 30.3 Å². The molecule has 1 fully saturated rings. The van der Waals surface area contributed by atoms with Crippen molar-refractivity contribution in [1.82, 2.24) is 0 Å². The Morgan fingerprint density at radius 1 is 1.40 bits per heavy atom. The second-order valence-electron chi connectivity index (χ2n) is 3.51. The normalized spacial score (nSPS) is 30.3. The monoisotopic (exact) mass is 225 g/mol. The number of benzene rings is 1. The van der Waals surface area contributed by atoms with Crippen LogP contribution in [0.5, 0.6) is 0 Å². The maximum Gasteiger partial charge on any atom is 0.255 e. The number of nitro groups is 1. The van der Waals surface area contributed by atoms with Crippen molar-refractivity contribution in [3.8, 4) is 0 Å². The quantitative estimate of drug-likeness (QED) is 0.611. The van der Waals surface area contributed by atoms with Crippen molar-refractivity contribution in [2.45, 2.75) is 17.4 Å². The third-order valence-electron chi connectivity index (χ3n) is 2.52. The Balaban J connectivity index is 2.26. The van der Waals surface area contributed by atoms with E-state index in [4.69, 9.17) is 0 Å². The summed E-state index contributed by atoms with van der Waals surface area (Å²) in [4.78, 5) is 10.5. The summed E-state index contributed by atoms with van der Waals surface area (Å²) in [5.41, 5.74) is 0.917. The van der Waals surface area contributed by atoms with E-state index >= 15 is 0 Å². The van der Waals surface area contributed by atoms with Gasteiger partial charge in [-0.15, -0.1) is 11.8 Å². The first-order valence-corrected chi connectivity index (χ1v) is 5.73. The molecule has 4 nitrogen and oxygen atoms in total. The van der Waals surface area contributed by atoms with Crippen LogP contribution >= 0.6 is 11.8 Å². The average Bonchev–Trinajstić information content (AvgIpc) is 2.61. The molecule has 0 saturated carbocycles. The topological polar surface area (TPSA) is 63.4 Å². The molecular formula is C10H11NO3S. The van der Waals surface area contributed by atoms with E-state index in [9.17, 15) is 15.2 Å². The number of rotatable bonds is 2. The van der Waals surface area contributed by atoms with E-state index in [0.29, 0.717) is 5.75 Å². The molecule has 80 valence electrons. The number of aliphatic hydroxyl groups is 1. The Morgan fingerprint density at radius 3 is 2.67 bits per heavy atom. The fourth-order valence-corrected chi connectivity index (χ4v) is 3.22. The van der Waals surface area contributed by atoms with Crippen molar-refractivity contribution in [2.24, 2.45) is 0 Å². The molecule has 0 bridgehead atoms. The van der Waals surface area contributed by atoms with E-state index in [0.717, 1.165) is 5.56 Å². The van der Waals surface area contributed by atoms with Gasteiger partial charge in [-0.2, -0.15) is 0 Å². The zero-order chi connectivity index (χ0) is 10.8. The molecule has 0 radical (unpaired) electrons. The highest BCUT2D eigenvalue weighted by Crippen LogP contribution is 2.41. The summed E-state index contributed by atoms with van der Waals surface area (Å²) < 4.78 is 0. The summed E-state index contributed by atoms with van der Waals surface area (Å²) in [5.74, 6) is 0.436. The molecule has 0 aromatic heterocycles. The van der Waals surface area contributed by atoms with Crippen molar-refractivity contribution < 1.29 is 10.0 Å². The van der Waals surface area contributed by atoms with Gasteiger partial charge in [0.1, 0.15) is 6.10 Å². The van der Waals surface area contributed by atoms with Gasteiger partial charge in [0, 0.05) is 10.7 Å². The highest BCUT2D eigenvalue weighted by atomic mass is 32.2. The Bertz CT molecular complexity index is 357. The molecule has 5 heteroatoms. The van der Waals surface area contributed by atoms with E-state index in [1.807, 2.05) is 30.3 Å². The molecule has 1 aliphatic rings. The van der Waals surface area contributed by atoms with E-state index < -0.39 is 12.1 Å². The van der Waals surface area contributed by atoms with Gasteiger partial charge in [0.2, 0.25) is 0 Å². The zero-order valence-electron chi connectivity index (χ0n) is 7.95. The van der Waals surface area contributed by atoms with Gasteiger partial charge >= 0.3 is 0 Å². The van der Waals surface area contributed by atoms with Gasteiger partial charge in [-0.25, -0.2) is 0 Å². The first kappa shape index (κ1) is 10.4. The van der Waals surface area contributed by atoms with Gasteiger partial charge in [-0.3, -0.25) is 10.1 Å². The summed E-state index contributed by atoms with van der Waals surface area (Å²) in [7, 11) is 0. The molecular weight excluding hydrogens is 214 g/mol. The van der Waals surface area contributed by atoms with E-state index in [-0.39, 0.29) is 10.2 Å². The summed E-state index contributed by atoms with van der Waals surface area (Å²) in [5, 5.41) is 20.1. The predicted molar refractivity (Wildman–Crippen MR) is 58.4 cm³/mol. The Kier molecular flexibility index (Phi) is 2.93. The first-order valence-electron chi connectivity index (χ1n) is 4.68. The number of thioether (sulfide) groups is 1. The lowest BCUT2D eigenvalue weighted by Crippen LogP contribution is -2.33. The van der Waals surface area contributed by atoms with Crippen LogP contribution in [0.15, 0.2) is 30.3 Å². The van der Waals surface area contributed by atoms with Crippen molar-refractivity contribution in [3.05, 3.63) is 46.0 Å². The highest BCUT2D eigenvalue weighted by Gasteiger charge is 2.45. The molecule has 1 aliphatic heterocycles. The fraction of sp³-hybridized carbons (Fsp3) is 0.400. The van der Waals surface area contributed by atoms with Crippen molar-refractivity contribution >= 4 is 11.8 Å². The Hall–Kier alpha value is -1.07. The third kappa shape index (κ3) is 1.98. The molecule has 0 spiro atoms. The average molecular weight is 225 g/mol. The van der Waals surface area contributed by atoms with Crippen molar-refractivity contribution in [1.29, 1.82) is 0 Å². The van der Waals surface area contributed by atoms with Gasteiger partial charge in [0.15, 0.2) is 0 Å². The Morgan fingerprint density at radius 2 is 2.07 bits per heavy atom. The molecule has 2 rings (SSSR count). The second-order valence-corrected chi connectivity index (χ2v) is 4.68. The molecule has 0 aliphatic carbocycles. The summed E-state index contributed by atoms with van der Waals surface area (Å²) in [6.07, 6.45) is -0.838. The molecule has 3 atom stereocenters. The zero-order valence-corrected chi connectivity index (χ0v) is 8.76. The van der Waals surface area contributed by atoms with Crippen LogP contribution in [0.25, 0.3) is 0 Å². The predicted octanol–water partition coefficient (Wildman–Crippen LogP) is 1.48. The van der Waals surface area contributed by atoms with Crippen LogP contribution in [0.4, 0.5) is 0 Å². The molecule has 0 amide bonds. The van der Waals surface area contributed by atoms with Gasteiger partial charge in [-0.05, 0) is 5.56 Å². The standard InChI is InChI=1S/C10H11NO3S/c12-8-6-15-10(9(8)11(13)14)7-4-2-1-3-5-7/h1-5,8-10,12H,6H2/t8-,9-,10+/m0/s1. The smallest absolute Gasteiger partial charge is 0.255 e. The summed E-state index contributed by atoms with van der Waals surface area (Å²) in [6.45, 7) is 0. The molecule has 0 unspecified atom stereocenters. The minimum absolute atomic E-state index is 0.226. The maximum atomic E-state index is 10.8. The third-order valence-corrected chi connectivity index (χ3v) is 3.97. The molecule has 1 aromatic rings. The van der Waals surface area contributed by atoms with E-state index in [2.05, 4.69) is 0 Å². The molecule has 1 saturated heterocycles. The second kappa shape index (κ2) is 4.20. The number of hydrogen-bond acceptors (Lipinski definition) is 4. The minimum Gasteiger partial charge on any atom is -0.385 e. The SMILES string of the molecule is O=[N+]([O-])[C@@H]1[C@@H](c2ccccc2)SC[C@@H]1O. The van der Waals surface area contributed by atoms with Crippen LogP contribution in [0.3, 0.4) is 0 Å². The van der Waals surface area contributed by atoms with Crippen LogP contribution in [0, 0.1) is 10.1 Å². The van der Waals surface area contributed by atoms with Gasteiger partial charge in [0.05, 0.1) is 5.25 Å². The lowest BCUT2D eigenvalue weighted by atomic mass is 10.0. The van der Waals surface area contributed by atoms with E-state index in [1.165, 1.54) is 11.8 Å². The molecule has 1 aromatic carbocycles. The van der Waals surface area contributed by atoms with Crippen LogP contribution in [0.2, 0.25) is 0 Å². The minimum atomic E-state index is -0.877. The number of nitrogens with zero attached hydrogens (tertiary/aromatic N) is 1. The van der Waals surface area contributed by atoms with Gasteiger partial charge in [0.25, 0.3) is 6.04 Å². The Labute approximate surface area is 91.5 Å². The summed E-state index contributed by atoms with van der Waals surface area (Å²) >= 11 is 1.45. The van der Waals surface area contributed by atoms with Crippen LogP contribution < -0.4 is 0 Å². The van der Waals surface area contributed by atoms with E-state index in [1.54, 1.807) is 0 Å². The lowest BCUT2D eigenvalue weighted by Gasteiger charge is -2.13. The fourth-order valence-electron chi connectivity index (χ4n) is 1.79. The number of aliphatic hydroxyl groups excluding tert-OH is 1. The number of hydrogen-bond donors (Lipinski definition) is 1. The van der Waals surface area contributed by atoms with Crippen molar-refractivity contribution in [2.75, 3.05) is 5.75 Å². The van der Waals surface area contributed by atoms with Crippen LogP contribution in [0.1, 0.15) is 10.8 Å². The van der Waals surface area contributed by atoms with Gasteiger partial charge < -0.3 is 5.11 Å². The lowest BCUT2D eigenvalue weighted by molar-refractivity contribution is -0.531. The van der Waals surface area contributed by atoms with Crippen LogP contribution in [-0.2, 0) is 0 Å². The maximum absolute atomic E-state index is 10.8. The molecule has 15 heavy (non-hydrogen) atoms. The first-order chi connectivity index (χ1) is 7.20. The largest absolute Gasteiger partial charge is 0.385 e. The summed E-state index contributed by atoms with van der Waals surface area (Å²) in [6, 6.07) is 8.45. The van der Waals surface area contributed by atoms with Crippen molar-refractivity contribution in [3.63, 3.8) is 0 Å². The highest BCUT2D eigenvalue weighted by molar-refractivity contribution is 7.99.